The predicted molar refractivity (Wildman–Crippen MR) is 62.8 cm³/mol. The minimum atomic E-state index is -1.02. The van der Waals surface area contributed by atoms with Crippen LogP contribution in [0, 0.1) is 5.21 Å². The van der Waals surface area contributed by atoms with Crippen molar-refractivity contribution in [3.8, 4) is 0 Å². The van der Waals surface area contributed by atoms with Gasteiger partial charge in [-0.05, 0) is 0 Å². The molecular formula is C12H13NO5. The van der Waals surface area contributed by atoms with Crippen molar-refractivity contribution in [2.45, 2.75) is 6.54 Å². The first-order valence-corrected chi connectivity index (χ1v) is 5.12. The molecule has 0 aliphatic carbocycles. The van der Waals surface area contributed by atoms with Crippen molar-refractivity contribution in [2.24, 2.45) is 0 Å². The SMILES string of the molecule is COC(=O)C(C(=O)OC)=[N+]([O-])Cc1ccccc1. The highest BCUT2D eigenvalue weighted by Crippen LogP contribution is 2.01. The van der Waals surface area contributed by atoms with Gasteiger partial charge in [0.05, 0.1) is 14.2 Å². The zero-order valence-electron chi connectivity index (χ0n) is 10.1. The molecule has 6 nitrogen and oxygen atoms in total. The van der Waals surface area contributed by atoms with Crippen LogP contribution in [-0.2, 0) is 25.6 Å². The topological polar surface area (TPSA) is 78.7 Å². The van der Waals surface area contributed by atoms with E-state index in [1.807, 2.05) is 0 Å². The van der Waals surface area contributed by atoms with Crippen LogP contribution in [-0.4, -0.2) is 36.6 Å². The highest BCUT2D eigenvalue weighted by Gasteiger charge is 2.31. The number of ether oxygens (including phenoxy) is 2. The Bertz CT molecular complexity index is 449. The van der Waals surface area contributed by atoms with E-state index >= 15 is 0 Å². The van der Waals surface area contributed by atoms with Gasteiger partial charge < -0.3 is 14.7 Å². The van der Waals surface area contributed by atoms with Gasteiger partial charge in [-0.1, -0.05) is 30.3 Å². The van der Waals surface area contributed by atoms with Gasteiger partial charge in [0.15, 0.2) is 6.54 Å². The summed E-state index contributed by atoms with van der Waals surface area (Å²) in [5.41, 5.74) is -0.0124. The molecule has 0 amide bonds. The summed E-state index contributed by atoms with van der Waals surface area (Å²) in [6.07, 6.45) is 0. The van der Waals surface area contributed by atoms with E-state index in [4.69, 9.17) is 0 Å². The Balaban J connectivity index is 3.04. The Morgan fingerprint density at radius 1 is 1.11 bits per heavy atom. The third kappa shape index (κ3) is 3.31. The van der Waals surface area contributed by atoms with E-state index in [0.29, 0.717) is 5.56 Å². The van der Waals surface area contributed by atoms with E-state index in [1.165, 1.54) is 0 Å². The first-order valence-electron chi connectivity index (χ1n) is 5.12. The van der Waals surface area contributed by atoms with Crippen LogP contribution in [0.15, 0.2) is 30.3 Å². The molecule has 0 saturated heterocycles. The molecule has 18 heavy (non-hydrogen) atoms. The number of hydrogen-bond acceptors (Lipinski definition) is 5. The second-order valence-corrected chi connectivity index (χ2v) is 3.35. The lowest BCUT2D eigenvalue weighted by molar-refractivity contribution is -0.473. The van der Waals surface area contributed by atoms with Crippen LogP contribution in [0.5, 0.6) is 0 Å². The van der Waals surface area contributed by atoms with E-state index in [-0.39, 0.29) is 11.3 Å². The Kier molecular flexibility index (Phi) is 4.86. The molecule has 0 bridgehead atoms. The molecule has 0 saturated carbocycles. The van der Waals surface area contributed by atoms with Crippen LogP contribution >= 0.6 is 0 Å². The van der Waals surface area contributed by atoms with Gasteiger partial charge in [-0.15, -0.1) is 0 Å². The first-order chi connectivity index (χ1) is 8.60. The first kappa shape index (κ1) is 13.7. The maximum atomic E-state index is 11.8. The molecular weight excluding hydrogens is 238 g/mol. The van der Waals surface area contributed by atoms with Crippen molar-refractivity contribution in [2.75, 3.05) is 14.2 Å². The number of methoxy groups -OCH3 is 2. The normalized spacial score (nSPS) is 9.44. The number of carbonyl (C=O) groups is 2. The summed E-state index contributed by atoms with van der Waals surface area (Å²) in [7, 11) is 2.17. The van der Waals surface area contributed by atoms with Crippen LogP contribution in [0.25, 0.3) is 0 Å². The molecule has 1 aromatic rings. The number of benzene rings is 1. The van der Waals surface area contributed by atoms with Gasteiger partial charge in [-0.2, -0.15) is 4.74 Å². The molecule has 0 aromatic heterocycles. The van der Waals surface area contributed by atoms with Crippen LogP contribution in [0.2, 0.25) is 0 Å². The maximum Gasteiger partial charge on any atom is 0.412 e. The van der Waals surface area contributed by atoms with Gasteiger partial charge >= 0.3 is 17.7 Å². The van der Waals surface area contributed by atoms with Crippen LogP contribution in [0.3, 0.4) is 0 Å². The fourth-order valence-corrected chi connectivity index (χ4v) is 1.31. The van der Waals surface area contributed by atoms with Gasteiger partial charge in [0.2, 0.25) is 0 Å². The van der Waals surface area contributed by atoms with Crippen LogP contribution in [0.4, 0.5) is 0 Å². The predicted octanol–water partition coefficient (Wildman–Crippen LogP) is 0.484. The number of hydrogen-bond donors (Lipinski definition) is 0. The van der Waals surface area contributed by atoms with E-state index in [1.54, 1.807) is 30.3 Å². The molecule has 0 spiro atoms. The molecule has 6 heteroatoms. The molecule has 0 atom stereocenters. The van der Waals surface area contributed by atoms with Crippen molar-refractivity contribution in [1.82, 2.24) is 0 Å². The Morgan fingerprint density at radius 3 is 2.06 bits per heavy atom. The standard InChI is InChI=1S/C12H13NO5/c1-17-11(14)10(12(15)18-2)13(16)8-9-6-4-3-5-7-9/h3-7H,8H2,1-2H3. The molecule has 1 aromatic carbocycles. The van der Waals surface area contributed by atoms with E-state index in [9.17, 15) is 14.8 Å². The summed E-state index contributed by atoms with van der Waals surface area (Å²) in [4.78, 5) is 22.7. The average Bonchev–Trinajstić information content (AvgIpc) is 2.39. The Hall–Kier alpha value is -2.37. The molecule has 0 unspecified atom stereocenters. The lowest BCUT2D eigenvalue weighted by atomic mass is 10.2. The Morgan fingerprint density at radius 2 is 1.61 bits per heavy atom. The summed E-state index contributed by atoms with van der Waals surface area (Å²) < 4.78 is 9.01. The van der Waals surface area contributed by atoms with Crippen molar-refractivity contribution >= 4 is 17.7 Å². The number of nitrogens with zero attached hydrogens (tertiary/aromatic N) is 1. The van der Waals surface area contributed by atoms with Crippen molar-refractivity contribution in [3.63, 3.8) is 0 Å². The van der Waals surface area contributed by atoms with E-state index < -0.39 is 17.7 Å². The average molecular weight is 251 g/mol. The minimum absolute atomic E-state index is 0.139. The number of rotatable bonds is 4. The monoisotopic (exact) mass is 251 g/mol. The van der Waals surface area contributed by atoms with Gasteiger partial charge in [-0.3, -0.25) is 0 Å². The van der Waals surface area contributed by atoms with E-state index in [2.05, 4.69) is 9.47 Å². The number of hydroxylamine groups is 1. The van der Waals surface area contributed by atoms with Gasteiger partial charge in [0, 0.05) is 5.56 Å². The summed E-state index contributed by atoms with van der Waals surface area (Å²) in [5.74, 6) is -2.04. The zero-order valence-corrected chi connectivity index (χ0v) is 10.1. The second-order valence-electron chi connectivity index (χ2n) is 3.35. The molecule has 0 N–H and O–H groups in total. The maximum absolute atomic E-state index is 11.8. The molecule has 96 valence electrons. The molecule has 0 heterocycles. The Labute approximate surface area is 104 Å². The molecule has 0 aliphatic rings. The largest absolute Gasteiger partial charge is 0.623 e. The molecule has 0 radical (unpaired) electrons. The fraction of sp³-hybridized carbons (Fsp3) is 0.250. The van der Waals surface area contributed by atoms with Crippen molar-refractivity contribution in [3.05, 3.63) is 41.1 Å². The van der Waals surface area contributed by atoms with E-state index in [0.717, 1.165) is 14.2 Å². The van der Waals surface area contributed by atoms with Crippen LogP contribution in [0.1, 0.15) is 5.56 Å². The smallest absolute Gasteiger partial charge is 0.412 e. The summed E-state index contributed by atoms with van der Waals surface area (Å²) in [6, 6.07) is 8.70. The van der Waals surface area contributed by atoms with Gasteiger partial charge in [-0.25, -0.2) is 9.59 Å². The summed E-state index contributed by atoms with van der Waals surface area (Å²) in [5, 5.41) is 11.8. The quantitative estimate of drug-likeness (QED) is 0.194. The third-order valence-corrected chi connectivity index (χ3v) is 2.18. The molecule has 0 fully saturated rings. The lowest BCUT2D eigenvalue weighted by Crippen LogP contribution is -2.34. The number of esters is 2. The molecule has 1 rings (SSSR count). The fourth-order valence-electron chi connectivity index (χ4n) is 1.31. The molecule has 0 aliphatic heterocycles. The summed E-state index contributed by atoms with van der Waals surface area (Å²) in [6.45, 7) is -0.139. The van der Waals surface area contributed by atoms with Crippen molar-refractivity contribution in [1.29, 1.82) is 0 Å². The second kappa shape index (κ2) is 6.39. The highest BCUT2D eigenvalue weighted by molar-refractivity contribution is 6.60. The highest BCUT2D eigenvalue weighted by atomic mass is 16.6. The van der Waals surface area contributed by atoms with Gasteiger partial charge in [0.1, 0.15) is 0 Å². The zero-order chi connectivity index (χ0) is 13.5. The lowest BCUT2D eigenvalue weighted by Gasteiger charge is -2.08. The van der Waals surface area contributed by atoms with Crippen LogP contribution < -0.4 is 0 Å². The summed E-state index contributed by atoms with van der Waals surface area (Å²) >= 11 is 0. The van der Waals surface area contributed by atoms with Crippen molar-refractivity contribution < 1.29 is 23.8 Å². The third-order valence-electron chi connectivity index (χ3n) is 2.18. The van der Waals surface area contributed by atoms with Gasteiger partial charge in [0.25, 0.3) is 0 Å². The minimum Gasteiger partial charge on any atom is -0.623 e. The number of carbonyl (C=O) groups excluding carboxylic acids is 2.